The van der Waals surface area contributed by atoms with E-state index >= 15 is 0 Å². The molecule has 2 atom stereocenters. The Hall–Kier alpha value is -1.02. The molecule has 2 unspecified atom stereocenters. The van der Waals surface area contributed by atoms with E-state index in [1.54, 1.807) is 0 Å². The van der Waals surface area contributed by atoms with E-state index in [4.69, 9.17) is 11.6 Å². The van der Waals surface area contributed by atoms with Crippen molar-refractivity contribution in [1.82, 2.24) is 4.90 Å². The molecule has 1 saturated heterocycles. The number of hydrogen-bond acceptors (Lipinski definition) is 1. The average Bonchev–Trinajstić information content (AvgIpc) is 2.69. The second-order valence-corrected chi connectivity index (χ2v) is 6.77. The van der Waals surface area contributed by atoms with Gasteiger partial charge in [0.15, 0.2) is 0 Å². The summed E-state index contributed by atoms with van der Waals surface area (Å²) in [5.41, 5.74) is 1.38. The number of nitrogens with zero attached hydrogens (tertiary/aromatic N) is 1. The predicted octanol–water partition coefficient (Wildman–Crippen LogP) is 3.58. The maximum absolute atomic E-state index is 11.9. The van der Waals surface area contributed by atoms with Gasteiger partial charge in [0.1, 0.15) is 0 Å². The molecule has 1 fully saturated rings. The molecule has 0 aliphatic carbocycles. The minimum atomic E-state index is -0.0187. The van der Waals surface area contributed by atoms with Gasteiger partial charge in [-0.05, 0) is 24.3 Å². The van der Waals surface area contributed by atoms with Crippen molar-refractivity contribution in [3.05, 3.63) is 35.9 Å². The molecule has 1 aliphatic heterocycles. The quantitative estimate of drug-likeness (QED) is 0.772. The number of rotatable bonds is 4. The van der Waals surface area contributed by atoms with Gasteiger partial charge in [0, 0.05) is 19.0 Å². The zero-order chi connectivity index (χ0) is 14.0. The standard InChI is InChI=1S/C16H22ClNO/c1-12(18-11-14(17)9-15(18)19)10-16(2,3)13-7-5-4-6-8-13/h4-8,12,14H,9-11H2,1-3H3. The first kappa shape index (κ1) is 14.4. The smallest absolute Gasteiger partial charge is 0.224 e. The number of benzene rings is 1. The summed E-state index contributed by atoms with van der Waals surface area (Å²) in [6.45, 7) is 7.28. The Labute approximate surface area is 120 Å². The van der Waals surface area contributed by atoms with Crippen molar-refractivity contribution < 1.29 is 4.79 Å². The van der Waals surface area contributed by atoms with Crippen molar-refractivity contribution in [2.75, 3.05) is 6.54 Å². The summed E-state index contributed by atoms with van der Waals surface area (Å²) >= 11 is 6.07. The number of amides is 1. The van der Waals surface area contributed by atoms with Crippen LogP contribution in [0.15, 0.2) is 30.3 Å². The number of hydrogen-bond donors (Lipinski definition) is 0. The Morgan fingerprint density at radius 1 is 1.37 bits per heavy atom. The lowest BCUT2D eigenvalue weighted by molar-refractivity contribution is -0.129. The van der Waals surface area contributed by atoms with Crippen LogP contribution in [0.3, 0.4) is 0 Å². The van der Waals surface area contributed by atoms with E-state index in [1.165, 1.54) is 5.56 Å². The topological polar surface area (TPSA) is 20.3 Å². The maximum Gasteiger partial charge on any atom is 0.224 e. The first-order valence-corrected chi connectivity index (χ1v) is 7.33. The number of alkyl halides is 1. The highest BCUT2D eigenvalue weighted by atomic mass is 35.5. The third-order valence-corrected chi connectivity index (χ3v) is 4.30. The van der Waals surface area contributed by atoms with E-state index in [-0.39, 0.29) is 22.7 Å². The van der Waals surface area contributed by atoms with E-state index < -0.39 is 0 Å². The van der Waals surface area contributed by atoms with Gasteiger partial charge in [-0.3, -0.25) is 4.79 Å². The minimum Gasteiger partial charge on any atom is -0.338 e. The molecule has 2 nitrogen and oxygen atoms in total. The first-order chi connectivity index (χ1) is 8.90. The number of carbonyl (C=O) groups excluding carboxylic acids is 1. The van der Waals surface area contributed by atoms with Crippen LogP contribution in [0.4, 0.5) is 0 Å². The lowest BCUT2D eigenvalue weighted by Crippen LogP contribution is -2.38. The molecule has 1 amide bonds. The molecule has 0 radical (unpaired) electrons. The summed E-state index contributed by atoms with van der Waals surface area (Å²) in [5.74, 6) is 0.191. The Bertz CT molecular complexity index is 443. The van der Waals surface area contributed by atoms with Crippen molar-refractivity contribution in [2.45, 2.75) is 50.4 Å². The van der Waals surface area contributed by atoms with Crippen LogP contribution < -0.4 is 0 Å². The van der Waals surface area contributed by atoms with Gasteiger partial charge < -0.3 is 4.90 Å². The molecule has 2 rings (SSSR count). The van der Waals surface area contributed by atoms with Crippen LogP contribution in [0, 0.1) is 0 Å². The second-order valence-electron chi connectivity index (χ2n) is 6.15. The van der Waals surface area contributed by atoms with E-state index in [9.17, 15) is 4.79 Å². The second kappa shape index (κ2) is 5.54. The highest BCUT2D eigenvalue weighted by molar-refractivity contribution is 6.22. The summed E-state index contributed by atoms with van der Waals surface area (Å²) in [7, 11) is 0. The summed E-state index contributed by atoms with van der Waals surface area (Å²) in [6, 6.07) is 10.7. The summed E-state index contributed by atoms with van der Waals surface area (Å²) in [5, 5.41) is -0.0187. The van der Waals surface area contributed by atoms with Crippen LogP contribution in [0.25, 0.3) is 0 Å². The molecule has 0 spiro atoms. The van der Waals surface area contributed by atoms with E-state index in [0.29, 0.717) is 13.0 Å². The van der Waals surface area contributed by atoms with Gasteiger partial charge in [-0.2, -0.15) is 0 Å². The highest BCUT2D eigenvalue weighted by Gasteiger charge is 2.34. The zero-order valence-corrected chi connectivity index (χ0v) is 12.7. The molecular formula is C16H22ClNO. The molecule has 19 heavy (non-hydrogen) atoms. The molecule has 0 N–H and O–H groups in total. The van der Waals surface area contributed by atoms with Gasteiger partial charge in [0.2, 0.25) is 5.91 Å². The van der Waals surface area contributed by atoms with Gasteiger partial charge in [0.25, 0.3) is 0 Å². The largest absolute Gasteiger partial charge is 0.338 e. The molecular weight excluding hydrogens is 258 g/mol. The maximum atomic E-state index is 11.9. The molecule has 0 saturated carbocycles. The fraction of sp³-hybridized carbons (Fsp3) is 0.562. The van der Waals surface area contributed by atoms with Crippen molar-refractivity contribution in [3.8, 4) is 0 Å². The summed E-state index contributed by atoms with van der Waals surface area (Å²) in [6.07, 6.45) is 1.43. The van der Waals surface area contributed by atoms with Crippen molar-refractivity contribution >= 4 is 17.5 Å². The predicted molar refractivity (Wildman–Crippen MR) is 79.5 cm³/mol. The highest BCUT2D eigenvalue weighted by Crippen LogP contribution is 2.31. The van der Waals surface area contributed by atoms with Crippen LogP contribution in [-0.2, 0) is 10.2 Å². The van der Waals surface area contributed by atoms with E-state index in [1.807, 2.05) is 11.0 Å². The lowest BCUT2D eigenvalue weighted by Gasteiger charge is -2.33. The lowest BCUT2D eigenvalue weighted by atomic mass is 9.79. The minimum absolute atomic E-state index is 0.0187. The van der Waals surface area contributed by atoms with Crippen LogP contribution >= 0.6 is 11.6 Å². The molecule has 1 aromatic carbocycles. The molecule has 1 aliphatic rings. The summed E-state index contributed by atoms with van der Waals surface area (Å²) < 4.78 is 0. The molecule has 1 aromatic rings. The van der Waals surface area contributed by atoms with Gasteiger partial charge in [-0.1, -0.05) is 44.2 Å². The van der Waals surface area contributed by atoms with Crippen molar-refractivity contribution in [2.24, 2.45) is 0 Å². The molecule has 1 heterocycles. The third-order valence-electron chi connectivity index (χ3n) is 4.00. The fourth-order valence-electron chi connectivity index (χ4n) is 2.97. The van der Waals surface area contributed by atoms with Gasteiger partial charge in [-0.25, -0.2) is 0 Å². The van der Waals surface area contributed by atoms with Crippen LogP contribution in [0.2, 0.25) is 0 Å². The fourth-order valence-corrected chi connectivity index (χ4v) is 3.25. The number of likely N-dealkylation sites (tertiary alicyclic amines) is 1. The first-order valence-electron chi connectivity index (χ1n) is 6.89. The molecule has 104 valence electrons. The Balaban J connectivity index is 2.06. The van der Waals surface area contributed by atoms with Crippen LogP contribution in [0.1, 0.15) is 39.2 Å². The van der Waals surface area contributed by atoms with Crippen molar-refractivity contribution in [3.63, 3.8) is 0 Å². The molecule has 3 heteroatoms. The normalized spacial score (nSPS) is 21.8. The monoisotopic (exact) mass is 279 g/mol. The summed E-state index contributed by atoms with van der Waals surface area (Å²) in [4.78, 5) is 13.8. The van der Waals surface area contributed by atoms with Crippen molar-refractivity contribution in [1.29, 1.82) is 0 Å². The third kappa shape index (κ3) is 3.30. The molecule has 0 bridgehead atoms. The SMILES string of the molecule is CC(CC(C)(C)c1ccccc1)N1CC(Cl)CC1=O. The number of carbonyl (C=O) groups is 1. The van der Waals surface area contributed by atoms with Gasteiger partial charge in [0.05, 0.1) is 5.38 Å². The van der Waals surface area contributed by atoms with E-state index in [0.717, 1.165) is 6.42 Å². The number of halogens is 1. The van der Waals surface area contributed by atoms with Crippen LogP contribution in [0.5, 0.6) is 0 Å². The zero-order valence-electron chi connectivity index (χ0n) is 11.9. The van der Waals surface area contributed by atoms with Gasteiger partial charge in [-0.15, -0.1) is 11.6 Å². The Kier molecular flexibility index (Phi) is 4.19. The van der Waals surface area contributed by atoms with E-state index in [2.05, 4.69) is 45.0 Å². The Morgan fingerprint density at radius 2 is 2.00 bits per heavy atom. The van der Waals surface area contributed by atoms with Gasteiger partial charge >= 0.3 is 0 Å². The van der Waals surface area contributed by atoms with Crippen LogP contribution in [-0.4, -0.2) is 28.8 Å². The molecule has 0 aromatic heterocycles. The average molecular weight is 280 g/mol. The Morgan fingerprint density at radius 3 is 2.53 bits per heavy atom.